The lowest BCUT2D eigenvalue weighted by atomic mass is 9.90. The lowest BCUT2D eigenvalue weighted by Gasteiger charge is -2.21. The van der Waals surface area contributed by atoms with E-state index in [-0.39, 0.29) is 14.9 Å². The molecule has 0 aromatic carbocycles. The predicted octanol–water partition coefficient (Wildman–Crippen LogP) is 2.10. The van der Waals surface area contributed by atoms with Gasteiger partial charge in [0.05, 0.1) is 4.92 Å². The number of nitrogens with zero attached hydrogens (tertiary/aromatic N) is 1. The molecule has 0 radical (unpaired) electrons. The summed E-state index contributed by atoms with van der Waals surface area (Å²) in [5.74, 6) is 0.353. The predicted molar refractivity (Wildman–Crippen MR) is 77.1 cm³/mol. The fourth-order valence-corrected chi connectivity index (χ4v) is 4.71. The molecule has 9 heteroatoms. The van der Waals surface area contributed by atoms with E-state index >= 15 is 0 Å². The summed E-state index contributed by atoms with van der Waals surface area (Å²) in [4.78, 5) is 10.0. The van der Waals surface area contributed by atoms with Crippen molar-refractivity contribution in [2.24, 2.45) is 5.92 Å². The zero-order valence-corrected chi connectivity index (χ0v) is 12.5. The standard InChI is InChI=1S/C11H17N3O4S2/c12-11-9(14(15)16)6-10(19-11)20(17,18)13-7-8-4-2-1-3-5-8/h6,8,13H,1-5,7,12H2. The van der Waals surface area contributed by atoms with Gasteiger partial charge in [-0.15, -0.1) is 0 Å². The third-order valence-corrected chi connectivity index (χ3v) is 6.32. The first-order valence-electron chi connectivity index (χ1n) is 6.43. The Bertz CT molecular complexity index is 591. The van der Waals surface area contributed by atoms with E-state index < -0.39 is 14.9 Å². The van der Waals surface area contributed by atoms with Crippen LogP contribution in [-0.4, -0.2) is 19.9 Å². The summed E-state index contributed by atoms with van der Waals surface area (Å²) >= 11 is 0.722. The zero-order valence-electron chi connectivity index (χ0n) is 10.9. The number of anilines is 1. The van der Waals surface area contributed by atoms with E-state index in [2.05, 4.69) is 4.72 Å². The first kappa shape index (κ1) is 15.2. The maximum absolute atomic E-state index is 12.1. The van der Waals surface area contributed by atoms with Crippen LogP contribution in [-0.2, 0) is 10.0 Å². The van der Waals surface area contributed by atoms with Crippen LogP contribution < -0.4 is 10.5 Å². The van der Waals surface area contributed by atoms with Crippen molar-refractivity contribution in [1.29, 1.82) is 0 Å². The lowest BCUT2D eigenvalue weighted by molar-refractivity contribution is -0.383. The number of nitrogens with two attached hydrogens (primary N) is 1. The third kappa shape index (κ3) is 3.47. The highest BCUT2D eigenvalue weighted by Crippen LogP contribution is 2.34. The molecule has 1 aliphatic carbocycles. The maximum Gasteiger partial charge on any atom is 0.304 e. The Morgan fingerprint density at radius 2 is 2.05 bits per heavy atom. The molecule has 1 aromatic rings. The SMILES string of the molecule is Nc1sc(S(=O)(=O)NCC2CCCCC2)cc1[N+](=O)[O-]. The molecule has 1 saturated carbocycles. The first-order valence-corrected chi connectivity index (χ1v) is 8.73. The van der Waals surface area contributed by atoms with E-state index in [9.17, 15) is 18.5 Å². The Morgan fingerprint density at radius 1 is 1.40 bits per heavy atom. The monoisotopic (exact) mass is 319 g/mol. The Kier molecular flexibility index (Phi) is 4.61. The fraction of sp³-hybridized carbons (Fsp3) is 0.636. The van der Waals surface area contributed by atoms with E-state index in [1.54, 1.807) is 0 Å². The van der Waals surface area contributed by atoms with Crippen molar-refractivity contribution in [2.75, 3.05) is 12.3 Å². The van der Waals surface area contributed by atoms with Gasteiger partial charge in [-0.05, 0) is 18.8 Å². The number of nitro groups is 1. The molecule has 1 fully saturated rings. The highest BCUT2D eigenvalue weighted by atomic mass is 32.2. The van der Waals surface area contributed by atoms with Crippen molar-refractivity contribution < 1.29 is 13.3 Å². The van der Waals surface area contributed by atoms with Crippen LogP contribution >= 0.6 is 11.3 Å². The smallest absolute Gasteiger partial charge is 0.304 e. The van der Waals surface area contributed by atoms with Gasteiger partial charge in [-0.25, -0.2) is 13.1 Å². The molecule has 112 valence electrons. The molecule has 1 aromatic heterocycles. The van der Waals surface area contributed by atoms with Gasteiger partial charge in [0.15, 0.2) is 5.00 Å². The van der Waals surface area contributed by atoms with Crippen LogP contribution in [0.25, 0.3) is 0 Å². The molecule has 1 aliphatic rings. The molecule has 1 heterocycles. The first-order chi connectivity index (χ1) is 9.40. The molecule has 2 rings (SSSR count). The maximum atomic E-state index is 12.1. The van der Waals surface area contributed by atoms with Crippen LogP contribution in [0.5, 0.6) is 0 Å². The minimum Gasteiger partial charge on any atom is -0.385 e. The molecular formula is C11H17N3O4S2. The van der Waals surface area contributed by atoms with Gasteiger partial charge >= 0.3 is 5.69 Å². The molecular weight excluding hydrogens is 302 g/mol. The number of rotatable bonds is 5. The van der Waals surface area contributed by atoms with Gasteiger partial charge in [0, 0.05) is 12.6 Å². The molecule has 0 unspecified atom stereocenters. The summed E-state index contributed by atoms with van der Waals surface area (Å²) in [6.45, 7) is 0.383. The van der Waals surface area contributed by atoms with Crippen LogP contribution in [0, 0.1) is 16.0 Å². The summed E-state index contributed by atoms with van der Waals surface area (Å²) in [6, 6.07) is 1.02. The van der Waals surface area contributed by atoms with Gasteiger partial charge in [0.25, 0.3) is 0 Å². The van der Waals surface area contributed by atoms with Crippen molar-refractivity contribution in [3.8, 4) is 0 Å². The Morgan fingerprint density at radius 3 is 2.60 bits per heavy atom. The van der Waals surface area contributed by atoms with Crippen LogP contribution in [0.15, 0.2) is 10.3 Å². The van der Waals surface area contributed by atoms with Crippen molar-refractivity contribution in [2.45, 2.75) is 36.3 Å². The van der Waals surface area contributed by atoms with Crippen molar-refractivity contribution in [3.05, 3.63) is 16.2 Å². The number of hydrogen-bond acceptors (Lipinski definition) is 6. The Balaban J connectivity index is 2.06. The molecule has 0 atom stereocenters. The van der Waals surface area contributed by atoms with Gasteiger partial charge in [0.1, 0.15) is 4.21 Å². The van der Waals surface area contributed by atoms with E-state index in [4.69, 9.17) is 5.73 Å². The third-order valence-electron chi connectivity index (χ3n) is 3.47. The minimum atomic E-state index is -3.71. The molecule has 0 saturated heterocycles. The Hall–Kier alpha value is -1.19. The fourth-order valence-electron chi connectivity index (χ4n) is 2.34. The average molecular weight is 319 g/mol. The van der Waals surface area contributed by atoms with E-state index in [0.717, 1.165) is 43.1 Å². The van der Waals surface area contributed by atoms with Gasteiger partial charge in [-0.1, -0.05) is 30.6 Å². The van der Waals surface area contributed by atoms with Crippen molar-refractivity contribution >= 4 is 32.0 Å². The summed E-state index contributed by atoms with van der Waals surface area (Å²) in [5, 5.41) is 10.6. The quantitative estimate of drug-likeness (QED) is 0.637. The summed E-state index contributed by atoms with van der Waals surface area (Å²) in [7, 11) is -3.71. The topological polar surface area (TPSA) is 115 Å². The van der Waals surface area contributed by atoms with Gasteiger partial charge in [0.2, 0.25) is 10.0 Å². The van der Waals surface area contributed by atoms with Gasteiger partial charge in [-0.3, -0.25) is 10.1 Å². The number of nitrogen functional groups attached to an aromatic ring is 1. The number of hydrogen-bond donors (Lipinski definition) is 2. The van der Waals surface area contributed by atoms with Crippen molar-refractivity contribution in [3.63, 3.8) is 0 Å². The molecule has 0 aliphatic heterocycles. The average Bonchev–Trinajstić information content (AvgIpc) is 2.81. The van der Waals surface area contributed by atoms with Gasteiger partial charge < -0.3 is 5.73 Å². The molecule has 3 N–H and O–H groups in total. The highest BCUT2D eigenvalue weighted by molar-refractivity contribution is 7.91. The van der Waals surface area contributed by atoms with E-state index in [1.165, 1.54) is 6.42 Å². The summed E-state index contributed by atoms with van der Waals surface area (Å²) < 4.78 is 26.6. The number of sulfonamides is 1. The number of thiophene rings is 1. The molecule has 7 nitrogen and oxygen atoms in total. The lowest BCUT2D eigenvalue weighted by Crippen LogP contribution is -2.29. The van der Waals surface area contributed by atoms with E-state index in [0.29, 0.717) is 12.5 Å². The molecule has 0 spiro atoms. The number of nitrogens with one attached hydrogen (secondary N) is 1. The highest BCUT2D eigenvalue weighted by Gasteiger charge is 2.25. The second-order valence-electron chi connectivity index (χ2n) is 4.93. The molecule has 0 bridgehead atoms. The van der Waals surface area contributed by atoms with Crippen LogP contribution in [0.4, 0.5) is 10.7 Å². The molecule has 0 amide bonds. The second kappa shape index (κ2) is 6.06. The van der Waals surface area contributed by atoms with E-state index in [1.807, 2.05) is 0 Å². The largest absolute Gasteiger partial charge is 0.385 e. The van der Waals surface area contributed by atoms with Gasteiger partial charge in [-0.2, -0.15) is 0 Å². The van der Waals surface area contributed by atoms with Crippen LogP contribution in [0.1, 0.15) is 32.1 Å². The Labute approximate surface area is 121 Å². The van der Waals surface area contributed by atoms with Crippen molar-refractivity contribution in [1.82, 2.24) is 4.72 Å². The zero-order chi connectivity index (χ0) is 14.8. The normalized spacial score (nSPS) is 17.2. The summed E-state index contributed by atoms with van der Waals surface area (Å²) in [6.07, 6.45) is 5.51. The summed E-state index contributed by atoms with van der Waals surface area (Å²) in [5.41, 5.74) is 5.11. The second-order valence-corrected chi connectivity index (χ2v) is 8.01. The minimum absolute atomic E-state index is 0.0898. The van der Waals surface area contributed by atoms with Crippen LogP contribution in [0.2, 0.25) is 0 Å². The molecule has 20 heavy (non-hydrogen) atoms. The van der Waals surface area contributed by atoms with Crippen LogP contribution in [0.3, 0.4) is 0 Å².